The summed E-state index contributed by atoms with van der Waals surface area (Å²) in [6, 6.07) is 20.2. The quantitative estimate of drug-likeness (QED) is 0.145. The predicted octanol–water partition coefficient (Wildman–Crippen LogP) is 5.72. The van der Waals surface area contributed by atoms with Crippen LogP contribution in [0.5, 0.6) is 0 Å². The number of hydrogen-bond donors (Lipinski definition) is 3. The van der Waals surface area contributed by atoms with Crippen LogP contribution in [0.15, 0.2) is 93.5 Å². The molecule has 0 saturated carbocycles. The topological polar surface area (TPSA) is 208 Å². The summed E-state index contributed by atoms with van der Waals surface area (Å²) in [6.07, 6.45) is 2.83. The number of carbonyl (C=O) groups is 2. The van der Waals surface area contributed by atoms with Crippen molar-refractivity contribution < 1.29 is 14.1 Å². The maximum absolute atomic E-state index is 13.0. The molecular formula is C37H35N11O5. The summed E-state index contributed by atoms with van der Waals surface area (Å²) in [6.45, 7) is 8.96. The van der Waals surface area contributed by atoms with E-state index < -0.39 is 5.56 Å². The second-order valence-electron chi connectivity index (χ2n) is 11.7. The lowest BCUT2D eigenvalue weighted by Crippen LogP contribution is -2.28. The zero-order chi connectivity index (χ0) is 37.6. The largest absolute Gasteiger partial charge is 0.340 e. The van der Waals surface area contributed by atoms with Gasteiger partial charge in [0.25, 0.3) is 11.1 Å². The minimum atomic E-state index is -0.404. The van der Waals surface area contributed by atoms with Crippen LogP contribution < -0.4 is 21.8 Å². The molecule has 0 bridgehead atoms. The van der Waals surface area contributed by atoms with Gasteiger partial charge < -0.3 is 20.1 Å². The van der Waals surface area contributed by atoms with Crippen LogP contribution >= 0.6 is 0 Å². The van der Waals surface area contributed by atoms with Crippen LogP contribution in [0.4, 0.5) is 23.1 Å². The van der Waals surface area contributed by atoms with Gasteiger partial charge in [-0.25, -0.2) is 24.3 Å². The van der Waals surface area contributed by atoms with Crippen LogP contribution in [0.1, 0.15) is 54.1 Å². The first kappa shape index (κ1) is 35.7. The lowest BCUT2D eigenvalue weighted by atomic mass is 10.0. The number of nitrogens with zero attached hydrogens (tertiary/aromatic N) is 8. The summed E-state index contributed by atoms with van der Waals surface area (Å²) in [5.41, 5.74) is 3.96. The molecule has 268 valence electrons. The third kappa shape index (κ3) is 7.37. The number of aromatic amines is 1. The van der Waals surface area contributed by atoms with Gasteiger partial charge in [0.15, 0.2) is 23.0 Å². The number of rotatable bonds is 10. The van der Waals surface area contributed by atoms with E-state index in [1.807, 2.05) is 74.5 Å². The molecule has 0 aliphatic carbocycles. The molecule has 16 heteroatoms. The summed E-state index contributed by atoms with van der Waals surface area (Å²) >= 11 is 0. The van der Waals surface area contributed by atoms with E-state index in [0.29, 0.717) is 53.0 Å². The van der Waals surface area contributed by atoms with Crippen LogP contribution in [-0.2, 0) is 13.1 Å². The van der Waals surface area contributed by atoms with E-state index in [-0.39, 0.29) is 39.6 Å². The smallest absolute Gasteiger partial charge is 0.291 e. The van der Waals surface area contributed by atoms with Crippen LogP contribution in [-0.4, -0.2) is 56.2 Å². The molecule has 0 aliphatic heterocycles. The van der Waals surface area contributed by atoms with Crippen molar-refractivity contribution in [1.82, 2.24) is 44.7 Å². The highest BCUT2D eigenvalue weighted by Gasteiger charge is 2.24. The van der Waals surface area contributed by atoms with Crippen molar-refractivity contribution in [2.24, 2.45) is 0 Å². The molecule has 5 heterocycles. The van der Waals surface area contributed by atoms with Crippen LogP contribution in [0, 0.1) is 6.92 Å². The first-order valence-electron chi connectivity index (χ1n) is 16.7. The van der Waals surface area contributed by atoms with E-state index in [2.05, 4.69) is 45.9 Å². The Morgan fingerprint density at radius 1 is 0.755 bits per heavy atom. The number of ketones is 2. The third-order valence-corrected chi connectivity index (χ3v) is 8.05. The van der Waals surface area contributed by atoms with Crippen molar-refractivity contribution in [2.75, 3.05) is 10.6 Å². The number of carbonyl (C=O) groups excluding carboxylic acids is 2. The molecule has 0 amide bonds. The molecule has 7 aromatic rings. The fraction of sp³-hybridized carbons (Fsp3) is 0.189. The van der Waals surface area contributed by atoms with E-state index in [1.54, 1.807) is 13.0 Å². The Labute approximate surface area is 302 Å². The Kier molecular flexibility index (Phi) is 10.4. The monoisotopic (exact) mass is 713 g/mol. The SMILES string of the molecule is CCn1nc(-c2ccccc2)c(C(C)=O)c(Nc2cc(C)no2)c1=O.CCn1nc(-c2ccccc2)c(C(C)=O)c(Nc2ncnc3nc[nH]c23)c1=O. The first-order chi connectivity index (χ1) is 25.6. The van der Waals surface area contributed by atoms with E-state index in [9.17, 15) is 19.2 Å². The minimum absolute atomic E-state index is 0.123. The molecule has 2 aromatic carbocycles. The molecule has 0 unspecified atom stereocenters. The Hall–Kier alpha value is -7.10. The number of aryl methyl sites for hydroxylation is 3. The molecule has 0 aliphatic rings. The van der Waals surface area contributed by atoms with Gasteiger partial charge in [0.1, 0.15) is 34.6 Å². The number of Topliss-reactive ketones (excluding diaryl/α,β-unsaturated/α-hetero) is 2. The van der Waals surface area contributed by atoms with E-state index >= 15 is 0 Å². The van der Waals surface area contributed by atoms with Gasteiger partial charge in [0.05, 0.1) is 23.1 Å². The second kappa shape index (κ2) is 15.4. The zero-order valence-electron chi connectivity index (χ0n) is 29.5. The van der Waals surface area contributed by atoms with Gasteiger partial charge in [-0.2, -0.15) is 10.2 Å². The highest BCUT2D eigenvalue weighted by Crippen LogP contribution is 2.29. The Bertz CT molecular complexity index is 2560. The summed E-state index contributed by atoms with van der Waals surface area (Å²) in [7, 11) is 0. The lowest BCUT2D eigenvalue weighted by molar-refractivity contribution is 0.101. The number of H-pyrrole nitrogens is 1. The number of hydrogen-bond acceptors (Lipinski definition) is 13. The molecule has 0 saturated heterocycles. The van der Waals surface area contributed by atoms with Gasteiger partial charge in [-0.3, -0.25) is 19.2 Å². The molecule has 5 aromatic heterocycles. The van der Waals surface area contributed by atoms with Crippen molar-refractivity contribution in [3.63, 3.8) is 0 Å². The van der Waals surface area contributed by atoms with E-state index in [4.69, 9.17) is 4.52 Å². The first-order valence-corrected chi connectivity index (χ1v) is 16.7. The van der Waals surface area contributed by atoms with Crippen LogP contribution in [0.25, 0.3) is 33.7 Å². The van der Waals surface area contributed by atoms with Gasteiger partial charge in [0.2, 0.25) is 5.88 Å². The van der Waals surface area contributed by atoms with Crippen molar-refractivity contribution in [1.29, 1.82) is 0 Å². The molecule has 0 spiro atoms. The molecule has 0 radical (unpaired) electrons. The Morgan fingerprint density at radius 3 is 1.75 bits per heavy atom. The molecule has 16 nitrogen and oxygen atoms in total. The maximum atomic E-state index is 13.0. The number of anilines is 4. The lowest BCUT2D eigenvalue weighted by Gasteiger charge is -2.15. The number of benzene rings is 2. The normalized spacial score (nSPS) is 10.8. The van der Waals surface area contributed by atoms with Crippen LogP contribution in [0.2, 0.25) is 0 Å². The van der Waals surface area contributed by atoms with Gasteiger partial charge in [-0.05, 0) is 34.6 Å². The summed E-state index contributed by atoms with van der Waals surface area (Å²) in [5, 5.41) is 18.5. The predicted molar refractivity (Wildman–Crippen MR) is 199 cm³/mol. The molecule has 0 fully saturated rings. The van der Waals surface area contributed by atoms with Crippen molar-refractivity contribution >= 4 is 45.8 Å². The Balaban J connectivity index is 0.000000183. The highest BCUT2D eigenvalue weighted by atomic mass is 16.5. The Morgan fingerprint density at radius 2 is 1.28 bits per heavy atom. The summed E-state index contributed by atoms with van der Waals surface area (Å²) in [5.74, 6) is 0.120. The van der Waals surface area contributed by atoms with Gasteiger partial charge in [-0.15, -0.1) is 0 Å². The number of aromatic nitrogens is 9. The zero-order valence-corrected chi connectivity index (χ0v) is 29.5. The number of imidazole rings is 1. The third-order valence-electron chi connectivity index (χ3n) is 8.05. The molecule has 53 heavy (non-hydrogen) atoms. The molecule has 3 N–H and O–H groups in total. The van der Waals surface area contributed by atoms with Crippen LogP contribution in [0.3, 0.4) is 0 Å². The standard InChI is InChI=1S/C19H17N7O2.C18H18N4O3/c1-3-26-19(28)15(24-18-16-17(21-9-20-16)22-10-23-18)13(11(2)27)14(25-26)12-7-5-4-6-8-12;1-4-22-18(24)17(19-14-10-11(2)21-25-14)15(12(3)23)16(20-22)13-8-6-5-7-9-13/h4-10H,3H2,1-2H3,(H2,20,21,22,23,24);5-10,19H,4H2,1-3H3. The van der Waals surface area contributed by atoms with E-state index in [1.165, 1.54) is 35.9 Å². The molecule has 7 rings (SSSR count). The summed E-state index contributed by atoms with van der Waals surface area (Å²) in [4.78, 5) is 65.9. The summed E-state index contributed by atoms with van der Waals surface area (Å²) < 4.78 is 7.78. The fourth-order valence-electron chi connectivity index (χ4n) is 5.61. The number of fused-ring (bicyclic) bond motifs is 1. The highest BCUT2D eigenvalue weighted by molar-refractivity contribution is 6.06. The minimum Gasteiger partial charge on any atom is -0.340 e. The van der Waals surface area contributed by atoms with E-state index in [0.717, 1.165) is 11.1 Å². The number of nitrogens with one attached hydrogen (secondary N) is 3. The van der Waals surface area contributed by atoms with Gasteiger partial charge in [0, 0.05) is 30.3 Å². The average molecular weight is 714 g/mol. The average Bonchev–Trinajstić information content (AvgIpc) is 3.83. The van der Waals surface area contributed by atoms with Crippen molar-refractivity contribution in [2.45, 2.75) is 47.7 Å². The maximum Gasteiger partial charge on any atom is 0.291 e. The van der Waals surface area contributed by atoms with Gasteiger partial charge >= 0.3 is 0 Å². The second-order valence-corrected chi connectivity index (χ2v) is 11.7. The molecular weight excluding hydrogens is 678 g/mol. The van der Waals surface area contributed by atoms with Crippen molar-refractivity contribution in [3.8, 4) is 22.5 Å². The van der Waals surface area contributed by atoms with Crippen molar-refractivity contribution in [3.05, 3.63) is 117 Å². The molecule has 0 atom stereocenters. The fourth-order valence-corrected chi connectivity index (χ4v) is 5.61. The van der Waals surface area contributed by atoms with Gasteiger partial charge in [-0.1, -0.05) is 65.8 Å².